The van der Waals surface area contributed by atoms with Gasteiger partial charge in [0, 0.05) is 19.0 Å². The highest BCUT2D eigenvalue weighted by Gasteiger charge is 2.32. The maximum absolute atomic E-state index is 13.3. The Hall–Kier alpha value is -2.91. The van der Waals surface area contributed by atoms with Crippen molar-refractivity contribution < 1.29 is 22.7 Å². The number of amides is 2. The predicted molar refractivity (Wildman–Crippen MR) is 120 cm³/mol. The molecule has 1 aliphatic rings. The maximum atomic E-state index is 13.3. The number of sulfonamides is 1. The highest BCUT2D eigenvalue weighted by molar-refractivity contribution is 7.89. The monoisotopic (exact) mass is 459 g/mol. The fourth-order valence-corrected chi connectivity index (χ4v) is 4.96. The molecule has 0 bridgehead atoms. The van der Waals surface area contributed by atoms with Crippen LogP contribution in [-0.2, 0) is 26.0 Å². The zero-order valence-electron chi connectivity index (χ0n) is 18.1. The van der Waals surface area contributed by atoms with Crippen LogP contribution in [0.1, 0.15) is 25.3 Å². The van der Waals surface area contributed by atoms with Gasteiger partial charge >= 0.3 is 0 Å². The minimum absolute atomic E-state index is 0.0549. The lowest BCUT2D eigenvalue weighted by Crippen LogP contribution is -2.52. The Labute approximate surface area is 188 Å². The molecule has 1 aliphatic heterocycles. The number of ether oxygens (including phenoxy) is 1. The summed E-state index contributed by atoms with van der Waals surface area (Å²) in [5.41, 5.74) is 6.22. The Kier molecular flexibility index (Phi) is 7.87. The standard InChI is InChI=1S/C23H29N3O5S/c1-2-31-19-8-10-20(11-9-19)32(29,30)25-21(16-17-6-4-3-5-7-17)23(28)26-14-12-18(13-15-26)22(24)27/h3-11,18,21,25H,2,12-16H2,1H3,(H2,24,27)/t21-/m0/s1. The van der Waals surface area contributed by atoms with Crippen LogP contribution in [0.4, 0.5) is 0 Å². The van der Waals surface area contributed by atoms with Gasteiger partial charge < -0.3 is 15.4 Å². The van der Waals surface area contributed by atoms with Crippen LogP contribution in [0.5, 0.6) is 5.75 Å². The van der Waals surface area contributed by atoms with Crippen LogP contribution < -0.4 is 15.2 Å². The van der Waals surface area contributed by atoms with E-state index in [4.69, 9.17) is 10.5 Å². The Bertz CT molecular complexity index is 1020. The van der Waals surface area contributed by atoms with Crippen LogP contribution in [0, 0.1) is 5.92 Å². The first kappa shape index (κ1) is 23.7. The minimum atomic E-state index is -3.95. The van der Waals surface area contributed by atoms with Crippen LogP contribution in [0.3, 0.4) is 0 Å². The Balaban J connectivity index is 1.79. The van der Waals surface area contributed by atoms with E-state index in [1.54, 1.807) is 17.0 Å². The number of rotatable bonds is 9. The quantitative estimate of drug-likeness (QED) is 0.592. The number of carbonyl (C=O) groups is 2. The summed E-state index contributed by atoms with van der Waals surface area (Å²) >= 11 is 0. The van der Waals surface area contributed by atoms with E-state index in [1.165, 1.54) is 12.1 Å². The number of piperidine rings is 1. The normalized spacial score (nSPS) is 15.8. The number of nitrogens with two attached hydrogens (primary N) is 1. The number of nitrogens with zero attached hydrogens (tertiary/aromatic N) is 1. The molecule has 8 nitrogen and oxygen atoms in total. The third-order valence-electron chi connectivity index (χ3n) is 5.53. The molecule has 1 fully saturated rings. The summed E-state index contributed by atoms with van der Waals surface area (Å²) in [6.45, 7) is 3.05. The van der Waals surface area contributed by atoms with Gasteiger partial charge in [0.15, 0.2) is 0 Å². The van der Waals surface area contributed by atoms with Gasteiger partial charge in [-0.25, -0.2) is 8.42 Å². The van der Waals surface area contributed by atoms with Gasteiger partial charge in [-0.05, 0) is 56.0 Å². The Morgan fingerprint density at radius 1 is 1.09 bits per heavy atom. The lowest BCUT2D eigenvalue weighted by atomic mass is 9.95. The largest absolute Gasteiger partial charge is 0.494 e. The first-order chi connectivity index (χ1) is 15.3. The van der Waals surface area contributed by atoms with Gasteiger partial charge in [0.2, 0.25) is 21.8 Å². The van der Waals surface area contributed by atoms with Gasteiger partial charge in [-0.2, -0.15) is 4.72 Å². The average molecular weight is 460 g/mol. The molecule has 32 heavy (non-hydrogen) atoms. The van der Waals surface area contributed by atoms with E-state index in [1.807, 2.05) is 37.3 Å². The van der Waals surface area contributed by atoms with E-state index in [0.717, 1.165) is 5.56 Å². The molecule has 1 atom stereocenters. The molecule has 1 saturated heterocycles. The molecule has 1 heterocycles. The minimum Gasteiger partial charge on any atom is -0.494 e. The van der Waals surface area contributed by atoms with E-state index in [9.17, 15) is 18.0 Å². The number of carbonyl (C=O) groups excluding carboxylic acids is 2. The van der Waals surface area contributed by atoms with Crippen LogP contribution >= 0.6 is 0 Å². The molecule has 0 spiro atoms. The van der Waals surface area contributed by atoms with Crippen LogP contribution in [0.2, 0.25) is 0 Å². The number of nitrogens with one attached hydrogen (secondary N) is 1. The molecule has 9 heteroatoms. The Morgan fingerprint density at radius 2 is 1.72 bits per heavy atom. The molecular formula is C23H29N3O5S. The fourth-order valence-electron chi connectivity index (χ4n) is 3.77. The van der Waals surface area contributed by atoms with Crippen molar-refractivity contribution >= 4 is 21.8 Å². The Morgan fingerprint density at radius 3 is 2.28 bits per heavy atom. The van der Waals surface area contributed by atoms with Gasteiger partial charge in [0.05, 0.1) is 11.5 Å². The number of hydrogen-bond acceptors (Lipinski definition) is 5. The van der Waals surface area contributed by atoms with E-state index in [-0.39, 0.29) is 29.0 Å². The van der Waals surface area contributed by atoms with Crippen molar-refractivity contribution in [2.45, 2.75) is 37.1 Å². The number of primary amides is 1. The molecule has 0 aromatic heterocycles. The van der Waals surface area contributed by atoms with Crippen molar-refractivity contribution in [3.05, 3.63) is 60.2 Å². The summed E-state index contributed by atoms with van der Waals surface area (Å²) in [6, 6.07) is 14.4. The second-order valence-corrected chi connectivity index (χ2v) is 9.48. The molecule has 2 amide bonds. The summed E-state index contributed by atoms with van der Waals surface area (Å²) in [7, 11) is -3.95. The molecule has 3 rings (SSSR count). The molecule has 0 radical (unpaired) electrons. The summed E-state index contributed by atoms with van der Waals surface area (Å²) in [4.78, 5) is 26.4. The molecule has 0 saturated carbocycles. The maximum Gasteiger partial charge on any atom is 0.241 e. The first-order valence-corrected chi connectivity index (χ1v) is 12.2. The lowest BCUT2D eigenvalue weighted by Gasteiger charge is -2.33. The number of likely N-dealkylation sites (tertiary alicyclic amines) is 1. The number of benzene rings is 2. The topological polar surface area (TPSA) is 119 Å². The van der Waals surface area contributed by atoms with Gasteiger partial charge in [-0.1, -0.05) is 30.3 Å². The van der Waals surface area contributed by atoms with Gasteiger partial charge in [0.1, 0.15) is 11.8 Å². The van der Waals surface area contributed by atoms with Gasteiger partial charge in [-0.15, -0.1) is 0 Å². The molecular weight excluding hydrogens is 430 g/mol. The first-order valence-electron chi connectivity index (χ1n) is 10.7. The molecule has 172 valence electrons. The summed E-state index contributed by atoms with van der Waals surface area (Å²) in [6.07, 6.45) is 1.17. The molecule has 3 N–H and O–H groups in total. The van der Waals surface area contributed by atoms with Crippen molar-refractivity contribution in [2.24, 2.45) is 11.7 Å². The van der Waals surface area contributed by atoms with Crippen molar-refractivity contribution in [1.82, 2.24) is 9.62 Å². The van der Waals surface area contributed by atoms with Crippen LogP contribution in [0.25, 0.3) is 0 Å². The average Bonchev–Trinajstić information content (AvgIpc) is 2.79. The summed E-state index contributed by atoms with van der Waals surface area (Å²) in [5.74, 6) is -0.367. The fraction of sp³-hybridized carbons (Fsp3) is 0.391. The third kappa shape index (κ3) is 6.08. The highest BCUT2D eigenvalue weighted by Crippen LogP contribution is 2.20. The van der Waals surface area contributed by atoms with Crippen molar-refractivity contribution in [3.8, 4) is 5.75 Å². The smallest absolute Gasteiger partial charge is 0.241 e. The third-order valence-corrected chi connectivity index (χ3v) is 7.02. The van der Waals surface area contributed by atoms with E-state index >= 15 is 0 Å². The predicted octanol–water partition coefficient (Wildman–Crippen LogP) is 1.70. The zero-order chi connectivity index (χ0) is 23.1. The molecule has 0 unspecified atom stereocenters. The lowest BCUT2D eigenvalue weighted by molar-refractivity contribution is -0.136. The van der Waals surface area contributed by atoms with Crippen molar-refractivity contribution in [3.63, 3.8) is 0 Å². The SMILES string of the molecule is CCOc1ccc(S(=O)(=O)N[C@@H](Cc2ccccc2)C(=O)N2CCC(C(N)=O)CC2)cc1. The van der Waals surface area contributed by atoms with Gasteiger partial charge in [-0.3, -0.25) is 9.59 Å². The van der Waals surface area contributed by atoms with E-state index in [0.29, 0.717) is 38.3 Å². The van der Waals surface area contributed by atoms with Crippen LogP contribution in [0.15, 0.2) is 59.5 Å². The molecule has 2 aromatic carbocycles. The summed E-state index contributed by atoms with van der Waals surface area (Å²) < 4.78 is 34.1. The van der Waals surface area contributed by atoms with E-state index in [2.05, 4.69) is 4.72 Å². The van der Waals surface area contributed by atoms with Crippen LogP contribution in [-0.4, -0.2) is 50.9 Å². The zero-order valence-corrected chi connectivity index (χ0v) is 18.9. The van der Waals surface area contributed by atoms with E-state index < -0.39 is 16.1 Å². The highest BCUT2D eigenvalue weighted by atomic mass is 32.2. The molecule has 0 aliphatic carbocycles. The number of hydrogen-bond donors (Lipinski definition) is 2. The second kappa shape index (κ2) is 10.6. The van der Waals surface area contributed by atoms with Gasteiger partial charge in [0.25, 0.3) is 0 Å². The molecule has 2 aromatic rings. The second-order valence-electron chi connectivity index (χ2n) is 7.77. The van der Waals surface area contributed by atoms with Crippen molar-refractivity contribution in [1.29, 1.82) is 0 Å². The summed E-state index contributed by atoms with van der Waals surface area (Å²) in [5, 5.41) is 0. The van der Waals surface area contributed by atoms with Crippen molar-refractivity contribution in [2.75, 3.05) is 19.7 Å².